The minimum atomic E-state index is -0.867. The number of carbonyl (C=O) groups is 2. The summed E-state index contributed by atoms with van der Waals surface area (Å²) in [6.07, 6.45) is 0.441. The molecule has 0 saturated heterocycles. The van der Waals surface area contributed by atoms with Crippen molar-refractivity contribution in [1.82, 2.24) is 0 Å². The van der Waals surface area contributed by atoms with Crippen LogP contribution in [0.25, 0.3) is 0 Å². The summed E-state index contributed by atoms with van der Waals surface area (Å²) in [5.74, 6) is 1.40. The Balaban J connectivity index is 1.76. The molecule has 1 heterocycles. The van der Waals surface area contributed by atoms with Crippen LogP contribution in [0.4, 0.5) is 0 Å². The molecule has 0 atom stereocenters. The number of benzene rings is 2. The lowest BCUT2D eigenvalue weighted by molar-refractivity contribution is -0.139. The summed E-state index contributed by atoms with van der Waals surface area (Å²) in [5, 5.41) is 0. The van der Waals surface area contributed by atoms with E-state index in [1.807, 2.05) is 25.1 Å². The van der Waals surface area contributed by atoms with Gasteiger partial charge in [0.25, 0.3) is 0 Å². The van der Waals surface area contributed by atoms with Crippen LogP contribution in [0.1, 0.15) is 43.1 Å². The van der Waals surface area contributed by atoms with E-state index in [2.05, 4.69) is 0 Å². The molecule has 136 valence electrons. The molecule has 0 radical (unpaired) electrons. The molecule has 0 N–H and O–H groups in total. The molecule has 5 heteroatoms. The highest BCUT2D eigenvalue weighted by molar-refractivity contribution is 5.96. The van der Waals surface area contributed by atoms with Gasteiger partial charge in [-0.3, -0.25) is 9.59 Å². The molecular formula is C21H22O5. The third-order valence-electron chi connectivity index (χ3n) is 4.48. The van der Waals surface area contributed by atoms with E-state index in [9.17, 15) is 9.59 Å². The average molecular weight is 354 g/mol. The van der Waals surface area contributed by atoms with Gasteiger partial charge in [0, 0.05) is 12.0 Å². The van der Waals surface area contributed by atoms with E-state index in [0.717, 1.165) is 5.56 Å². The van der Waals surface area contributed by atoms with Gasteiger partial charge in [-0.25, -0.2) is 0 Å². The lowest BCUT2D eigenvalue weighted by Gasteiger charge is -2.25. The van der Waals surface area contributed by atoms with Gasteiger partial charge in [0.05, 0.1) is 5.41 Å². The first-order valence-corrected chi connectivity index (χ1v) is 8.67. The number of rotatable bonds is 5. The molecule has 0 fully saturated rings. The quantitative estimate of drug-likeness (QED) is 0.462. The van der Waals surface area contributed by atoms with E-state index < -0.39 is 5.41 Å². The molecule has 26 heavy (non-hydrogen) atoms. The van der Waals surface area contributed by atoms with E-state index in [1.54, 1.807) is 38.1 Å². The Kier molecular flexibility index (Phi) is 4.98. The average Bonchev–Trinajstić information content (AvgIpc) is 2.67. The van der Waals surface area contributed by atoms with E-state index in [1.165, 1.54) is 0 Å². The lowest BCUT2D eigenvalue weighted by atomic mass is 9.84. The standard InChI is InChI=1S/C21H22O5/c1-4-17(22)14-5-8-16(9-6-14)26-20(23)21(2,3)15-7-10-18-19(13-15)25-12-11-24-18/h5-10,13H,4,11-12H2,1-3H3. The van der Waals surface area contributed by atoms with Crippen molar-refractivity contribution in [2.75, 3.05) is 13.2 Å². The third kappa shape index (κ3) is 3.57. The molecule has 0 unspecified atom stereocenters. The summed E-state index contributed by atoms with van der Waals surface area (Å²) < 4.78 is 16.6. The number of ether oxygens (including phenoxy) is 3. The number of fused-ring (bicyclic) bond motifs is 1. The van der Waals surface area contributed by atoms with Crippen LogP contribution in [-0.4, -0.2) is 25.0 Å². The molecule has 0 aromatic heterocycles. The largest absolute Gasteiger partial charge is 0.486 e. The van der Waals surface area contributed by atoms with Crippen molar-refractivity contribution in [3.63, 3.8) is 0 Å². The van der Waals surface area contributed by atoms with Crippen LogP contribution in [0, 0.1) is 0 Å². The van der Waals surface area contributed by atoms with Crippen LogP contribution >= 0.6 is 0 Å². The van der Waals surface area contributed by atoms with Crippen molar-refractivity contribution < 1.29 is 23.8 Å². The number of ketones is 1. The van der Waals surface area contributed by atoms with Crippen LogP contribution < -0.4 is 14.2 Å². The van der Waals surface area contributed by atoms with Crippen LogP contribution in [0.3, 0.4) is 0 Å². The van der Waals surface area contributed by atoms with Gasteiger partial charge in [-0.15, -0.1) is 0 Å². The number of hydrogen-bond acceptors (Lipinski definition) is 5. The molecule has 1 aliphatic rings. The highest BCUT2D eigenvalue weighted by Crippen LogP contribution is 2.35. The van der Waals surface area contributed by atoms with Crippen LogP contribution in [0.5, 0.6) is 17.2 Å². The monoisotopic (exact) mass is 354 g/mol. The number of hydrogen-bond donors (Lipinski definition) is 0. The summed E-state index contributed by atoms with van der Waals surface area (Å²) in [6, 6.07) is 12.1. The second-order valence-electron chi connectivity index (χ2n) is 6.67. The summed E-state index contributed by atoms with van der Waals surface area (Å²) in [5.41, 5.74) is 0.524. The molecule has 3 rings (SSSR count). The highest BCUT2D eigenvalue weighted by Gasteiger charge is 2.33. The van der Waals surface area contributed by atoms with E-state index >= 15 is 0 Å². The number of Topliss-reactive ketones (excluding diaryl/α,β-unsaturated/α-hetero) is 1. The van der Waals surface area contributed by atoms with Crippen LogP contribution in [-0.2, 0) is 10.2 Å². The van der Waals surface area contributed by atoms with Crippen LogP contribution in [0.15, 0.2) is 42.5 Å². The van der Waals surface area contributed by atoms with Gasteiger partial charge in [-0.1, -0.05) is 13.0 Å². The van der Waals surface area contributed by atoms with Gasteiger partial charge >= 0.3 is 5.97 Å². The first kappa shape index (κ1) is 18.0. The maximum absolute atomic E-state index is 12.7. The fraction of sp³-hybridized carbons (Fsp3) is 0.333. The molecule has 1 aliphatic heterocycles. The SMILES string of the molecule is CCC(=O)c1ccc(OC(=O)C(C)(C)c2ccc3c(c2)OCCO3)cc1. The Morgan fingerprint density at radius 2 is 1.65 bits per heavy atom. The first-order valence-electron chi connectivity index (χ1n) is 8.67. The predicted octanol–water partition coefficient (Wildman–Crippen LogP) is 3.93. The molecule has 0 spiro atoms. The Bertz CT molecular complexity index is 821. The highest BCUT2D eigenvalue weighted by atomic mass is 16.6. The topological polar surface area (TPSA) is 61.8 Å². The van der Waals surface area contributed by atoms with E-state index in [-0.39, 0.29) is 11.8 Å². The molecule has 2 aromatic rings. The second-order valence-corrected chi connectivity index (χ2v) is 6.67. The molecule has 0 bridgehead atoms. The van der Waals surface area contributed by atoms with Crippen molar-refractivity contribution in [3.05, 3.63) is 53.6 Å². The van der Waals surface area contributed by atoms with Gasteiger partial charge in [-0.2, -0.15) is 0 Å². The minimum absolute atomic E-state index is 0.0551. The van der Waals surface area contributed by atoms with Crippen molar-refractivity contribution in [2.24, 2.45) is 0 Å². The Hall–Kier alpha value is -2.82. The maximum Gasteiger partial charge on any atom is 0.321 e. The summed E-state index contributed by atoms with van der Waals surface area (Å²) in [7, 11) is 0. The zero-order valence-corrected chi connectivity index (χ0v) is 15.2. The van der Waals surface area contributed by atoms with Crippen molar-refractivity contribution in [1.29, 1.82) is 0 Å². The normalized spacial score (nSPS) is 13.2. The minimum Gasteiger partial charge on any atom is -0.486 e. The van der Waals surface area contributed by atoms with Gasteiger partial charge in [0.15, 0.2) is 17.3 Å². The fourth-order valence-corrected chi connectivity index (χ4v) is 2.70. The zero-order valence-electron chi connectivity index (χ0n) is 15.2. The Labute approximate surface area is 152 Å². The van der Waals surface area contributed by atoms with E-state index in [4.69, 9.17) is 14.2 Å². The van der Waals surface area contributed by atoms with Gasteiger partial charge in [0.1, 0.15) is 19.0 Å². The molecule has 2 aromatic carbocycles. The molecular weight excluding hydrogens is 332 g/mol. The third-order valence-corrected chi connectivity index (χ3v) is 4.48. The first-order chi connectivity index (χ1) is 12.4. The predicted molar refractivity (Wildman–Crippen MR) is 97.2 cm³/mol. The molecule has 0 aliphatic carbocycles. The van der Waals surface area contributed by atoms with Gasteiger partial charge in [-0.05, 0) is 55.8 Å². The van der Waals surface area contributed by atoms with Gasteiger partial charge < -0.3 is 14.2 Å². The Morgan fingerprint density at radius 3 is 2.31 bits per heavy atom. The summed E-state index contributed by atoms with van der Waals surface area (Å²) >= 11 is 0. The van der Waals surface area contributed by atoms with Crippen molar-refractivity contribution in [2.45, 2.75) is 32.6 Å². The van der Waals surface area contributed by atoms with Gasteiger partial charge in [0.2, 0.25) is 0 Å². The fourth-order valence-electron chi connectivity index (χ4n) is 2.70. The molecule has 0 saturated carbocycles. The maximum atomic E-state index is 12.7. The molecule has 5 nitrogen and oxygen atoms in total. The summed E-state index contributed by atoms with van der Waals surface area (Å²) in [6.45, 7) is 6.43. The van der Waals surface area contributed by atoms with Crippen LogP contribution in [0.2, 0.25) is 0 Å². The number of carbonyl (C=O) groups excluding carboxylic acids is 2. The van der Waals surface area contributed by atoms with E-state index in [0.29, 0.717) is 42.4 Å². The molecule has 0 amide bonds. The van der Waals surface area contributed by atoms with Crippen molar-refractivity contribution >= 4 is 11.8 Å². The van der Waals surface area contributed by atoms with Crippen molar-refractivity contribution in [3.8, 4) is 17.2 Å². The zero-order chi connectivity index (χ0) is 18.7. The second kappa shape index (κ2) is 7.20. The smallest absolute Gasteiger partial charge is 0.321 e. The summed E-state index contributed by atoms with van der Waals surface area (Å²) in [4.78, 5) is 24.4. The lowest BCUT2D eigenvalue weighted by Crippen LogP contribution is -2.33. The number of esters is 1. The Morgan fingerprint density at radius 1 is 1.00 bits per heavy atom.